The number of fused-ring (bicyclic) bond motifs is 1. The molecule has 200 valence electrons. The number of likely N-dealkylation sites (N-methyl/N-ethyl adjacent to an activating group) is 2. The first-order valence-corrected chi connectivity index (χ1v) is 12.7. The molecule has 10 nitrogen and oxygen atoms in total. The number of carboxylic acid groups (broad SMARTS) is 1. The maximum absolute atomic E-state index is 11.7. The average molecular weight is 517 g/mol. The molecular weight excluding hydrogens is 480 g/mol. The lowest BCUT2D eigenvalue weighted by molar-refractivity contribution is 0.0697. The van der Waals surface area contributed by atoms with Gasteiger partial charge in [-0.2, -0.15) is 0 Å². The smallest absolute Gasteiger partial charge is 0.336 e. The van der Waals surface area contributed by atoms with Gasteiger partial charge in [0.2, 0.25) is 0 Å². The number of carboxylic acids is 1. The fraction of sp³-hybridized carbons (Fsp3) is 0.357. The number of imidazole rings is 1. The monoisotopic (exact) mass is 516 g/mol. The van der Waals surface area contributed by atoms with Crippen molar-refractivity contribution in [3.63, 3.8) is 0 Å². The van der Waals surface area contributed by atoms with Crippen LogP contribution in [0.5, 0.6) is 0 Å². The Morgan fingerprint density at radius 3 is 2.13 bits per heavy atom. The Morgan fingerprint density at radius 1 is 0.895 bits per heavy atom. The van der Waals surface area contributed by atoms with Crippen LogP contribution >= 0.6 is 0 Å². The fourth-order valence-corrected chi connectivity index (χ4v) is 4.29. The lowest BCUT2D eigenvalue weighted by atomic mass is 9.99. The van der Waals surface area contributed by atoms with E-state index in [0.29, 0.717) is 23.7 Å². The minimum absolute atomic E-state index is 0.290. The second kappa shape index (κ2) is 12.0. The molecule has 0 aliphatic rings. The molecule has 3 N–H and O–H groups in total. The molecule has 0 radical (unpaired) electrons. The number of anilines is 2. The Bertz CT molecular complexity index is 1400. The van der Waals surface area contributed by atoms with Gasteiger partial charge < -0.3 is 30.1 Å². The molecular formula is C28H36N8O2. The first kappa shape index (κ1) is 27.0. The van der Waals surface area contributed by atoms with Gasteiger partial charge in [0.25, 0.3) is 0 Å². The van der Waals surface area contributed by atoms with Crippen molar-refractivity contribution in [2.45, 2.75) is 13.5 Å². The van der Waals surface area contributed by atoms with Crippen molar-refractivity contribution in [3.8, 4) is 11.1 Å². The molecule has 0 saturated carbocycles. The number of nitrogens with one attached hydrogen (secondary N) is 2. The van der Waals surface area contributed by atoms with Crippen LogP contribution in [0.1, 0.15) is 21.7 Å². The average Bonchev–Trinajstić information content (AvgIpc) is 3.21. The number of aromatic carboxylic acids is 1. The highest BCUT2D eigenvalue weighted by Gasteiger charge is 2.19. The standard InChI is InChI=1S/C28H36N8O2/c1-19-31-24-25(27(30-15-17-35(4)5)33-32-26(24)29-14-16-34(2)3)36(19)18-20-10-12-21(13-11-20)22-8-6-7-9-23(22)28(37)38/h6-13H,14-18H2,1-5H3,(H,29,32)(H,30,33)(H,37,38). The van der Waals surface area contributed by atoms with E-state index in [0.717, 1.165) is 54.2 Å². The van der Waals surface area contributed by atoms with Gasteiger partial charge in [0, 0.05) is 32.7 Å². The van der Waals surface area contributed by atoms with Gasteiger partial charge in [-0.05, 0) is 57.9 Å². The minimum Gasteiger partial charge on any atom is -0.478 e. The van der Waals surface area contributed by atoms with Crippen molar-refractivity contribution < 1.29 is 9.90 Å². The number of nitrogens with zero attached hydrogens (tertiary/aromatic N) is 6. The zero-order valence-corrected chi connectivity index (χ0v) is 22.7. The normalized spacial score (nSPS) is 11.4. The summed E-state index contributed by atoms with van der Waals surface area (Å²) in [6, 6.07) is 15.1. The van der Waals surface area contributed by atoms with Gasteiger partial charge in [0.1, 0.15) is 16.9 Å². The molecule has 0 unspecified atom stereocenters. The summed E-state index contributed by atoms with van der Waals surface area (Å²) in [6.07, 6.45) is 0. The zero-order chi connectivity index (χ0) is 27.2. The third kappa shape index (κ3) is 6.27. The predicted molar refractivity (Wildman–Crippen MR) is 152 cm³/mol. The minimum atomic E-state index is -0.935. The quantitative estimate of drug-likeness (QED) is 0.260. The highest BCUT2D eigenvalue weighted by Crippen LogP contribution is 2.29. The molecule has 4 rings (SSSR count). The van der Waals surface area contributed by atoms with Crippen LogP contribution in [-0.4, -0.2) is 95.0 Å². The number of benzene rings is 2. The summed E-state index contributed by atoms with van der Waals surface area (Å²) >= 11 is 0. The SMILES string of the molecule is Cc1nc2c(NCCN(C)C)nnc(NCCN(C)C)c2n1Cc1ccc(-c2ccccc2C(=O)O)cc1. The number of rotatable bonds is 12. The van der Waals surface area contributed by atoms with Crippen LogP contribution in [0, 0.1) is 6.92 Å². The molecule has 0 aliphatic heterocycles. The van der Waals surface area contributed by atoms with E-state index in [4.69, 9.17) is 4.98 Å². The molecule has 0 aliphatic carbocycles. The lowest BCUT2D eigenvalue weighted by Gasteiger charge is -2.15. The first-order chi connectivity index (χ1) is 18.2. The van der Waals surface area contributed by atoms with E-state index in [2.05, 4.69) is 35.2 Å². The maximum atomic E-state index is 11.7. The molecule has 0 spiro atoms. The van der Waals surface area contributed by atoms with E-state index in [9.17, 15) is 9.90 Å². The van der Waals surface area contributed by atoms with E-state index >= 15 is 0 Å². The van der Waals surface area contributed by atoms with Crippen LogP contribution in [0.3, 0.4) is 0 Å². The summed E-state index contributed by atoms with van der Waals surface area (Å²) in [4.78, 5) is 20.8. The van der Waals surface area contributed by atoms with Crippen molar-refractivity contribution in [2.24, 2.45) is 0 Å². The van der Waals surface area contributed by atoms with Crippen molar-refractivity contribution >= 4 is 28.6 Å². The van der Waals surface area contributed by atoms with E-state index < -0.39 is 5.97 Å². The topological polar surface area (TPSA) is 111 Å². The number of hydrogen-bond donors (Lipinski definition) is 3. The van der Waals surface area contributed by atoms with Crippen LogP contribution in [0.2, 0.25) is 0 Å². The van der Waals surface area contributed by atoms with Crippen molar-refractivity contribution in [1.82, 2.24) is 29.5 Å². The molecule has 0 atom stereocenters. The van der Waals surface area contributed by atoms with E-state index in [1.165, 1.54) is 0 Å². The largest absolute Gasteiger partial charge is 0.478 e. The third-order valence-corrected chi connectivity index (χ3v) is 6.32. The third-order valence-electron chi connectivity index (χ3n) is 6.32. The second-order valence-corrected chi connectivity index (χ2v) is 9.85. The number of hydrogen-bond acceptors (Lipinski definition) is 8. The van der Waals surface area contributed by atoms with Gasteiger partial charge in [0.15, 0.2) is 11.6 Å². The van der Waals surface area contributed by atoms with Crippen LogP contribution in [0.15, 0.2) is 48.5 Å². The van der Waals surface area contributed by atoms with Gasteiger partial charge in [-0.25, -0.2) is 9.78 Å². The van der Waals surface area contributed by atoms with E-state index in [-0.39, 0.29) is 5.56 Å². The van der Waals surface area contributed by atoms with E-state index in [1.807, 2.05) is 71.5 Å². The van der Waals surface area contributed by atoms with E-state index in [1.54, 1.807) is 12.1 Å². The molecule has 2 aromatic carbocycles. The fourth-order valence-electron chi connectivity index (χ4n) is 4.29. The Kier molecular flexibility index (Phi) is 8.55. The van der Waals surface area contributed by atoms with Gasteiger partial charge in [-0.1, -0.05) is 42.5 Å². The Labute approximate surface area is 223 Å². The summed E-state index contributed by atoms with van der Waals surface area (Å²) in [6.45, 7) is 5.77. The lowest BCUT2D eigenvalue weighted by Crippen LogP contribution is -2.22. The van der Waals surface area contributed by atoms with Crippen molar-refractivity contribution in [3.05, 3.63) is 65.5 Å². The Hall–Kier alpha value is -4.02. The molecule has 2 heterocycles. The predicted octanol–water partition coefficient (Wildman–Crippen LogP) is 3.50. The summed E-state index contributed by atoms with van der Waals surface area (Å²) in [5.41, 5.74) is 4.62. The highest BCUT2D eigenvalue weighted by atomic mass is 16.4. The first-order valence-electron chi connectivity index (χ1n) is 12.7. The van der Waals surface area contributed by atoms with Crippen molar-refractivity contribution in [2.75, 3.05) is 65.0 Å². The van der Waals surface area contributed by atoms with Crippen LogP contribution < -0.4 is 10.6 Å². The van der Waals surface area contributed by atoms with Gasteiger partial charge in [-0.15, -0.1) is 10.2 Å². The summed E-state index contributed by atoms with van der Waals surface area (Å²) in [7, 11) is 8.14. The molecule has 0 saturated heterocycles. The van der Waals surface area contributed by atoms with Gasteiger partial charge in [0.05, 0.1) is 5.56 Å². The number of aromatic nitrogens is 4. The summed E-state index contributed by atoms with van der Waals surface area (Å²) in [5.74, 6) is 1.30. The molecule has 10 heteroatoms. The Balaban J connectivity index is 1.67. The maximum Gasteiger partial charge on any atom is 0.336 e. The van der Waals surface area contributed by atoms with Crippen LogP contribution in [-0.2, 0) is 6.54 Å². The zero-order valence-electron chi connectivity index (χ0n) is 22.7. The molecule has 38 heavy (non-hydrogen) atoms. The highest BCUT2D eigenvalue weighted by molar-refractivity contribution is 5.96. The summed E-state index contributed by atoms with van der Waals surface area (Å²) < 4.78 is 2.15. The molecule has 4 aromatic rings. The Morgan fingerprint density at radius 2 is 1.50 bits per heavy atom. The van der Waals surface area contributed by atoms with Crippen molar-refractivity contribution in [1.29, 1.82) is 0 Å². The van der Waals surface area contributed by atoms with Crippen LogP contribution in [0.25, 0.3) is 22.2 Å². The molecule has 0 fully saturated rings. The molecule has 0 bridgehead atoms. The van der Waals surface area contributed by atoms with Gasteiger partial charge in [-0.3, -0.25) is 0 Å². The van der Waals surface area contributed by atoms with Gasteiger partial charge >= 0.3 is 5.97 Å². The van der Waals surface area contributed by atoms with Crippen LogP contribution in [0.4, 0.5) is 11.6 Å². The molecule has 2 aromatic heterocycles. The second-order valence-electron chi connectivity index (χ2n) is 9.85. The molecule has 0 amide bonds. The number of carbonyl (C=O) groups is 1. The summed E-state index contributed by atoms with van der Waals surface area (Å²) in [5, 5.41) is 25.4. The number of aryl methyl sites for hydroxylation is 1.